The quantitative estimate of drug-likeness (QED) is 0.622. The minimum Gasteiger partial charge on any atom is -0.484 e. The van der Waals surface area contributed by atoms with Gasteiger partial charge in [0.05, 0.1) is 15.6 Å². The number of H-pyrrole nitrogens is 1. The number of hydrogen-bond donors (Lipinski definition) is 2. The maximum atomic E-state index is 12.9. The van der Waals surface area contributed by atoms with Gasteiger partial charge in [-0.1, -0.05) is 23.2 Å². The molecule has 9 heteroatoms. The Morgan fingerprint density at radius 2 is 1.85 bits per heavy atom. The fourth-order valence-electron chi connectivity index (χ4n) is 4.93. The van der Waals surface area contributed by atoms with Gasteiger partial charge in [-0.3, -0.25) is 9.59 Å². The number of pyridine rings is 1. The number of aryl methyl sites for hydroxylation is 2. The van der Waals surface area contributed by atoms with Gasteiger partial charge < -0.3 is 24.7 Å². The predicted molar refractivity (Wildman–Crippen MR) is 134 cm³/mol. The zero-order chi connectivity index (χ0) is 24.6. The van der Waals surface area contributed by atoms with Crippen LogP contribution in [0.1, 0.15) is 52.9 Å². The molecule has 7 nitrogen and oxygen atoms in total. The summed E-state index contributed by atoms with van der Waals surface area (Å²) in [4.78, 5) is 30.2. The lowest BCUT2D eigenvalue weighted by Gasteiger charge is -2.38. The number of aromatic nitrogens is 1. The van der Waals surface area contributed by atoms with Crippen molar-refractivity contribution in [2.24, 2.45) is 5.92 Å². The first-order valence-corrected chi connectivity index (χ1v) is 12.4. The molecule has 2 aliphatic rings. The van der Waals surface area contributed by atoms with E-state index in [0.717, 1.165) is 36.9 Å². The van der Waals surface area contributed by atoms with Crippen molar-refractivity contribution in [1.82, 2.24) is 15.2 Å². The molecule has 0 radical (unpaired) electrons. The minimum atomic E-state index is -0.443. The van der Waals surface area contributed by atoms with Gasteiger partial charge in [0.2, 0.25) is 0 Å². The van der Waals surface area contributed by atoms with Crippen LogP contribution in [-0.2, 0) is 6.54 Å². The van der Waals surface area contributed by atoms with Gasteiger partial charge in [-0.05, 0) is 77.2 Å². The summed E-state index contributed by atoms with van der Waals surface area (Å²) < 4.78 is 12.2. The van der Waals surface area contributed by atoms with Crippen molar-refractivity contribution < 1.29 is 14.3 Å². The molecular formula is C25H31Cl2N3O4. The smallest absolute Gasteiger partial charge is 0.253 e. The van der Waals surface area contributed by atoms with Gasteiger partial charge in [0.25, 0.3) is 11.5 Å². The fourth-order valence-corrected chi connectivity index (χ4v) is 5.45. The second-order valence-corrected chi connectivity index (χ2v) is 10.3. The molecule has 1 aromatic carbocycles. The summed E-state index contributed by atoms with van der Waals surface area (Å²) in [5.74, 6) is 0.627. The molecule has 2 aromatic rings. The summed E-state index contributed by atoms with van der Waals surface area (Å²) in [6, 6.07) is 3.96. The van der Waals surface area contributed by atoms with E-state index in [-0.39, 0.29) is 33.8 Å². The maximum absolute atomic E-state index is 12.9. The fraction of sp³-hybridized carbons (Fsp3) is 0.520. The lowest BCUT2D eigenvalue weighted by molar-refractivity contribution is 0.0246. The number of carbonyl (C=O) groups is 1. The number of carbonyl (C=O) groups excluding carboxylic acids is 1. The first-order valence-electron chi connectivity index (χ1n) is 11.6. The number of nitrogens with one attached hydrogen (secondary N) is 2. The third-order valence-electron chi connectivity index (χ3n) is 6.95. The van der Waals surface area contributed by atoms with Crippen LogP contribution in [0.2, 0.25) is 10.0 Å². The average Bonchev–Trinajstić information content (AvgIpc) is 2.80. The van der Waals surface area contributed by atoms with Crippen molar-refractivity contribution in [2.75, 3.05) is 20.7 Å². The molecule has 1 saturated carbocycles. The Kier molecular flexibility index (Phi) is 7.45. The topological polar surface area (TPSA) is 83.7 Å². The number of amides is 1. The van der Waals surface area contributed by atoms with Gasteiger partial charge in [-0.15, -0.1) is 0 Å². The minimum absolute atomic E-state index is 0.0698. The van der Waals surface area contributed by atoms with E-state index in [2.05, 4.69) is 29.3 Å². The predicted octanol–water partition coefficient (Wildman–Crippen LogP) is 4.49. The standard InChI is InChI=1S/C25H31Cl2N3O4/c1-13-9-14(2)29-25(32)18(13)11-28-24(31)17-10-19(26)22-23(21(17)27)33-12-20(34-22)15-5-7-16(8-6-15)30(3)4/h9-10,15-16,20H,5-8,11-12H2,1-4H3,(H,28,31)(H,29,32)/t15?,16?,20-/m1/s1. The van der Waals surface area contributed by atoms with Crippen LogP contribution in [0.25, 0.3) is 0 Å². The molecule has 1 atom stereocenters. The molecule has 2 N–H and O–H groups in total. The molecule has 0 spiro atoms. The van der Waals surface area contributed by atoms with E-state index in [9.17, 15) is 9.59 Å². The van der Waals surface area contributed by atoms with E-state index in [1.54, 1.807) is 0 Å². The van der Waals surface area contributed by atoms with E-state index >= 15 is 0 Å². The highest BCUT2D eigenvalue weighted by molar-refractivity contribution is 6.38. The normalized spacial score (nSPS) is 22.0. The van der Waals surface area contributed by atoms with Gasteiger partial charge in [0.15, 0.2) is 11.5 Å². The molecule has 0 saturated heterocycles. The Bertz CT molecular complexity index is 1140. The third kappa shape index (κ3) is 5.07. The highest BCUT2D eigenvalue weighted by atomic mass is 35.5. The summed E-state index contributed by atoms with van der Waals surface area (Å²) in [5, 5.41) is 3.19. The molecule has 0 bridgehead atoms. The third-order valence-corrected chi connectivity index (χ3v) is 7.61. The SMILES string of the molecule is Cc1cc(C)c(CNC(=O)c2cc(Cl)c3c(c2Cl)OC[C@H](C2CCC(N(C)C)CC2)O3)c(=O)[nH]1. The number of aromatic amines is 1. The first kappa shape index (κ1) is 24.9. The number of hydrogen-bond acceptors (Lipinski definition) is 5. The molecule has 184 valence electrons. The number of rotatable bonds is 5. The first-order chi connectivity index (χ1) is 16.2. The van der Waals surface area contributed by atoms with Crippen LogP contribution in [0.3, 0.4) is 0 Å². The van der Waals surface area contributed by atoms with Crippen molar-refractivity contribution in [3.05, 3.63) is 54.9 Å². The van der Waals surface area contributed by atoms with Crippen LogP contribution in [0.5, 0.6) is 11.5 Å². The highest BCUT2D eigenvalue weighted by Crippen LogP contribution is 2.47. The average molecular weight is 508 g/mol. The van der Waals surface area contributed by atoms with Crippen molar-refractivity contribution in [2.45, 2.75) is 58.2 Å². The Hall–Kier alpha value is -2.22. The molecule has 1 aliphatic heterocycles. The molecule has 2 heterocycles. The Morgan fingerprint density at radius 3 is 2.50 bits per heavy atom. The maximum Gasteiger partial charge on any atom is 0.253 e. The number of fused-ring (bicyclic) bond motifs is 1. The molecule has 1 fully saturated rings. The molecule has 4 rings (SSSR count). The number of benzene rings is 1. The summed E-state index contributed by atoms with van der Waals surface area (Å²) >= 11 is 13.1. The lowest BCUT2D eigenvalue weighted by atomic mass is 9.82. The van der Waals surface area contributed by atoms with Gasteiger partial charge >= 0.3 is 0 Å². The van der Waals surface area contributed by atoms with Crippen molar-refractivity contribution in [3.63, 3.8) is 0 Å². The monoisotopic (exact) mass is 507 g/mol. The Balaban J connectivity index is 1.47. The molecule has 1 aliphatic carbocycles. The van der Waals surface area contributed by atoms with Crippen LogP contribution < -0.4 is 20.3 Å². The summed E-state index contributed by atoms with van der Waals surface area (Å²) in [6.07, 6.45) is 4.29. The van der Waals surface area contributed by atoms with E-state index in [1.165, 1.54) is 6.07 Å². The van der Waals surface area contributed by atoms with Crippen LogP contribution in [0.4, 0.5) is 0 Å². The van der Waals surface area contributed by atoms with Crippen LogP contribution in [0.15, 0.2) is 16.9 Å². The summed E-state index contributed by atoms with van der Waals surface area (Å²) in [6.45, 7) is 4.08. The van der Waals surface area contributed by atoms with Gasteiger partial charge in [-0.25, -0.2) is 0 Å². The summed E-state index contributed by atoms with van der Waals surface area (Å²) in [7, 11) is 4.24. The second kappa shape index (κ2) is 10.2. The van der Waals surface area contributed by atoms with Crippen molar-refractivity contribution in [1.29, 1.82) is 0 Å². The van der Waals surface area contributed by atoms with Gasteiger partial charge in [-0.2, -0.15) is 0 Å². The Labute approximate surface area is 209 Å². The van der Waals surface area contributed by atoms with Gasteiger partial charge in [0, 0.05) is 23.8 Å². The van der Waals surface area contributed by atoms with Crippen molar-refractivity contribution in [3.8, 4) is 11.5 Å². The lowest BCUT2D eigenvalue weighted by Crippen LogP contribution is -2.41. The van der Waals surface area contributed by atoms with Gasteiger partial charge in [0.1, 0.15) is 12.7 Å². The molecular weight excluding hydrogens is 477 g/mol. The Morgan fingerprint density at radius 1 is 1.15 bits per heavy atom. The molecule has 1 amide bonds. The number of ether oxygens (including phenoxy) is 2. The molecule has 0 unspecified atom stereocenters. The van der Waals surface area contributed by atoms with E-state index in [4.69, 9.17) is 32.7 Å². The number of nitrogens with zero attached hydrogens (tertiary/aromatic N) is 1. The zero-order valence-electron chi connectivity index (χ0n) is 20.0. The van der Waals surface area contributed by atoms with Crippen LogP contribution in [-0.4, -0.2) is 48.6 Å². The largest absolute Gasteiger partial charge is 0.484 e. The van der Waals surface area contributed by atoms with Crippen LogP contribution >= 0.6 is 23.2 Å². The zero-order valence-corrected chi connectivity index (χ0v) is 21.5. The molecule has 1 aromatic heterocycles. The van der Waals surface area contributed by atoms with E-state index in [1.807, 2.05) is 19.9 Å². The van der Waals surface area contributed by atoms with E-state index < -0.39 is 5.91 Å². The van der Waals surface area contributed by atoms with Crippen molar-refractivity contribution >= 4 is 29.1 Å². The van der Waals surface area contributed by atoms with Crippen LogP contribution in [0, 0.1) is 19.8 Å². The second-order valence-electron chi connectivity index (χ2n) is 9.50. The van der Waals surface area contributed by atoms with E-state index in [0.29, 0.717) is 35.6 Å². The summed E-state index contributed by atoms with van der Waals surface area (Å²) in [5.41, 5.74) is 2.02. The number of halogens is 2. The molecule has 34 heavy (non-hydrogen) atoms. The highest BCUT2D eigenvalue weighted by Gasteiger charge is 2.35.